The van der Waals surface area contributed by atoms with E-state index < -0.39 is 0 Å². The van der Waals surface area contributed by atoms with Gasteiger partial charge in [0.2, 0.25) is 0 Å². The van der Waals surface area contributed by atoms with Crippen molar-refractivity contribution in [2.75, 3.05) is 7.11 Å². The summed E-state index contributed by atoms with van der Waals surface area (Å²) in [7, 11) is 1.62. The molecule has 23 heavy (non-hydrogen) atoms. The zero-order chi connectivity index (χ0) is 17.5. The number of rotatable bonds is 8. The lowest BCUT2D eigenvalue weighted by atomic mass is 9.86. The summed E-state index contributed by atoms with van der Waals surface area (Å²) in [5.41, 5.74) is 0.799. The van der Waals surface area contributed by atoms with Crippen molar-refractivity contribution < 1.29 is 19.1 Å². The van der Waals surface area contributed by atoms with E-state index in [2.05, 4.69) is 20.8 Å². The summed E-state index contributed by atoms with van der Waals surface area (Å²) in [5, 5.41) is 0. The molecule has 0 aliphatic rings. The molecule has 4 nitrogen and oxygen atoms in total. The Labute approximate surface area is 139 Å². The van der Waals surface area contributed by atoms with E-state index in [4.69, 9.17) is 9.47 Å². The number of unbranched alkanes of at least 4 members (excludes halogenated alkanes) is 2. The number of methoxy groups -OCH3 is 1. The number of hydrogen-bond donors (Lipinski definition) is 0. The average molecular weight is 320 g/mol. The number of ether oxygens (including phenoxy) is 2. The predicted octanol–water partition coefficient (Wildman–Crippen LogP) is 4.44. The van der Waals surface area contributed by atoms with Gasteiger partial charge >= 0.3 is 5.97 Å². The summed E-state index contributed by atoms with van der Waals surface area (Å²) in [6.45, 7) is 7.80. The zero-order valence-electron chi connectivity index (χ0n) is 14.9. The first kappa shape index (κ1) is 19.2. The molecule has 1 aromatic carbocycles. The number of esters is 1. The molecule has 0 saturated carbocycles. The molecule has 0 aliphatic carbocycles. The van der Waals surface area contributed by atoms with Gasteiger partial charge < -0.3 is 14.3 Å². The number of carbonyl (C=O) groups excluding carboxylic acids is 2. The van der Waals surface area contributed by atoms with Crippen LogP contribution in [0, 0.1) is 0 Å². The van der Waals surface area contributed by atoms with Crippen molar-refractivity contribution in [1.82, 2.24) is 0 Å². The van der Waals surface area contributed by atoms with Crippen molar-refractivity contribution in [1.29, 1.82) is 0 Å². The summed E-state index contributed by atoms with van der Waals surface area (Å²) < 4.78 is 10.8. The van der Waals surface area contributed by atoms with Crippen LogP contribution in [0.3, 0.4) is 0 Å². The zero-order valence-corrected chi connectivity index (χ0v) is 14.9. The molecule has 0 unspecified atom stereocenters. The highest BCUT2D eigenvalue weighted by atomic mass is 16.5. The summed E-state index contributed by atoms with van der Waals surface area (Å²) in [6, 6.07) is 5.49. The highest BCUT2D eigenvalue weighted by Gasteiger charge is 2.21. The molecule has 0 aromatic heterocycles. The van der Waals surface area contributed by atoms with Crippen molar-refractivity contribution in [3.8, 4) is 11.5 Å². The van der Waals surface area contributed by atoms with Crippen LogP contribution in [0.1, 0.15) is 65.4 Å². The standard InChI is InChI=1S/C19H28O4/c1-14(20)9-7-6-8-10-18(21)23-17-12-11-15(22-5)13-16(17)19(2,3)4/h11-13H,6-10H2,1-5H3. The van der Waals surface area contributed by atoms with Crippen LogP contribution in [0.4, 0.5) is 0 Å². The minimum atomic E-state index is -0.233. The van der Waals surface area contributed by atoms with Gasteiger partial charge in [-0.25, -0.2) is 0 Å². The van der Waals surface area contributed by atoms with Crippen molar-refractivity contribution in [2.45, 2.75) is 65.2 Å². The van der Waals surface area contributed by atoms with Crippen LogP contribution in [-0.4, -0.2) is 18.9 Å². The second-order valence-corrected chi connectivity index (χ2v) is 6.85. The fraction of sp³-hybridized carbons (Fsp3) is 0.579. The maximum absolute atomic E-state index is 12.0. The van der Waals surface area contributed by atoms with Crippen molar-refractivity contribution >= 4 is 11.8 Å². The molecule has 0 spiro atoms. The summed E-state index contributed by atoms with van der Waals surface area (Å²) in [4.78, 5) is 22.9. The Morgan fingerprint density at radius 1 is 1.04 bits per heavy atom. The number of ketones is 1. The van der Waals surface area contributed by atoms with E-state index in [-0.39, 0.29) is 17.2 Å². The molecule has 0 saturated heterocycles. The lowest BCUT2D eigenvalue weighted by Gasteiger charge is -2.23. The number of carbonyl (C=O) groups is 2. The van der Waals surface area contributed by atoms with Gasteiger partial charge in [-0.05, 0) is 43.4 Å². The SMILES string of the molecule is COc1ccc(OC(=O)CCCCCC(C)=O)c(C(C)(C)C)c1. The fourth-order valence-corrected chi connectivity index (χ4v) is 2.30. The van der Waals surface area contributed by atoms with E-state index in [0.29, 0.717) is 18.6 Å². The molecule has 128 valence electrons. The van der Waals surface area contributed by atoms with E-state index in [9.17, 15) is 9.59 Å². The number of benzene rings is 1. The Hall–Kier alpha value is -1.84. The second-order valence-electron chi connectivity index (χ2n) is 6.85. The smallest absolute Gasteiger partial charge is 0.311 e. The lowest BCUT2D eigenvalue weighted by molar-refractivity contribution is -0.134. The van der Waals surface area contributed by atoms with Crippen LogP contribution < -0.4 is 9.47 Å². The van der Waals surface area contributed by atoms with Crippen molar-refractivity contribution in [2.24, 2.45) is 0 Å². The topological polar surface area (TPSA) is 52.6 Å². The highest BCUT2D eigenvalue weighted by Crippen LogP contribution is 2.34. The Balaban J connectivity index is 2.62. The third-order valence-corrected chi connectivity index (χ3v) is 3.63. The van der Waals surface area contributed by atoms with Crippen LogP contribution in [0.2, 0.25) is 0 Å². The first-order chi connectivity index (χ1) is 10.7. The first-order valence-electron chi connectivity index (χ1n) is 8.12. The first-order valence-corrected chi connectivity index (χ1v) is 8.12. The molecule has 0 bridgehead atoms. The molecule has 0 fully saturated rings. The molecule has 0 radical (unpaired) electrons. The van der Waals surface area contributed by atoms with Gasteiger partial charge in [-0.3, -0.25) is 4.79 Å². The molecule has 0 atom stereocenters. The third kappa shape index (κ3) is 6.85. The van der Waals surface area contributed by atoms with E-state index in [1.165, 1.54) is 0 Å². The Bertz CT molecular complexity index is 541. The van der Waals surface area contributed by atoms with E-state index in [0.717, 1.165) is 30.6 Å². The van der Waals surface area contributed by atoms with Crippen LogP contribution in [-0.2, 0) is 15.0 Å². The summed E-state index contributed by atoms with van der Waals surface area (Å²) in [5.74, 6) is 1.30. The van der Waals surface area contributed by atoms with Gasteiger partial charge in [-0.15, -0.1) is 0 Å². The highest BCUT2D eigenvalue weighted by molar-refractivity contribution is 5.75. The Kier molecular flexibility index (Phi) is 7.27. The van der Waals surface area contributed by atoms with E-state index >= 15 is 0 Å². The average Bonchev–Trinajstić information content (AvgIpc) is 2.45. The summed E-state index contributed by atoms with van der Waals surface area (Å²) >= 11 is 0. The van der Waals surface area contributed by atoms with Gasteiger partial charge in [-0.1, -0.05) is 27.2 Å². The molecule has 0 aliphatic heterocycles. The van der Waals surface area contributed by atoms with Crippen molar-refractivity contribution in [3.05, 3.63) is 23.8 Å². The molecule has 0 heterocycles. The Morgan fingerprint density at radius 3 is 2.26 bits per heavy atom. The monoisotopic (exact) mass is 320 g/mol. The minimum Gasteiger partial charge on any atom is -0.497 e. The van der Waals surface area contributed by atoms with E-state index in [1.54, 1.807) is 26.2 Å². The van der Waals surface area contributed by atoms with Gasteiger partial charge in [-0.2, -0.15) is 0 Å². The predicted molar refractivity (Wildman–Crippen MR) is 91.1 cm³/mol. The lowest BCUT2D eigenvalue weighted by Crippen LogP contribution is -2.16. The molecule has 1 aromatic rings. The molecule has 4 heteroatoms. The fourth-order valence-electron chi connectivity index (χ4n) is 2.30. The number of Topliss-reactive ketones (excluding diaryl/α,β-unsaturated/α-hetero) is 1. The van der Waals surface area contributed by atoms with Gasteiger partial charge in [0, 0.05) is 18.4 Å². The minimum absolute atomic E-state index is 0.147. The van der Waals surface area contributed by atoms with E-state index in [1.807, 2.05) is 6.07 Å². The van der Waals surface area contributed by atoms with Gasteiger partial charge in [0.1, 0.15) is 17.3 Å². The van der Waals surface area contributed by atoms with Crippen LogP contribution in [0.5, 0.6) is 11.5 Å². The molecular formula is C19H28O4. The van der Waals surface area contributed by atoms with Crippen molar-refractivity contribution in [3.63, 3.8) is 0 Å². The molecule has 1 rings (SSSR count). The maximum atomic E-state index is 12.0. The molecular weight excluding hydrogens is 292 g/mol. The number of hydrogen-bond acceptors (Lipinski definition) is 4. The maximum Gasteiger partial charge on any atom is 0.311 e. The summed E-state index contributed by atoms with van der Waals surface area (Å²) in [6.07, 6.45) is 3.39. The van der Waals surface area contributed by atoms with Gasteiger partial charge in [0.05, 0.1) is 7.11 Å². The second kappa shape index (κ2) is 8.70. The molecule has 0 amide bonds. The quantitative estimate of drug-likeness (QED) is 0.404. The molecule has 0 N–H and O–H groups in total. The van der Waals surface area contributed by atoms with Gasteiger partial charge in [0.25, 0.3) is 0 Å². The van der Waals surface area contributed by atoms with Crippen LogP contribution in [0.15, 0.2) is 18.2 Å². The Morgan fingerprint density at radius 2 is 1.70 bits per heavy atom. The largest absolute Gasteiger partial charge is 0.497 e. The van der Waals surface area contributed by atoms with Crippen LogP contribution in [0.25, 0.3) is 0 Å². The normalized spacial score (nSPS) is 11.2. The third-order valence-electron chi connectivity index (χ3n) is 3.63. The van der Waals surface area contributed by atoms with Gasteiger partial charge in [0.15, 0.2) is 0 Å². The van der Waals surface area contributed by atoms with Crippen LogP contribution >= 0.6 is 0 Å².